The zero-order chi connectivity index (χ0) is 20.4. The van der Waals surface area contributed by atoms with Gasteiger partial charge in [0.1, 0.15) is 5.82 Å². The molecular formula is C23H28N4O2. The number of piperidine rings is 1. The zero-order valence-electron chi connectivity index (χ0n) is 17.2. The second-order valence-electron chi connectivity index (χ2n) is 8.24. The molecule has 1 aromatic carbocycles. The van der Waals surface area contributed by atoms with E-state index in [-0.39, 0.29) is 17.7 Å². The highest BCUT2D eigenvalue weighted by atomic mass is 16.2. The number of nitrogens with zero attached hydrogens (tertiary/aromatic N) is 4. The number of aryl methyl sites for hydroxylation is 1. The van der Waals surface area contributed by atoms with E-state index in [0.29, 0.717) is 26.1 Å². The minimum Gasteiger partial charge on any atom is -0.342 e. The number of rotatable bonds is 3. The van der Waals surface area contributed by atoms with Crippen LogP contribution in [0.3, 0.4) is 0 Å². The van der Waals surface area contributed by atoms with E-state index >= 15 is 0 Å². The number of amides is 2. The molecule has 29 heavy (non-hydrogen) atoms. The van der Waals surface area contributed by atoms with Gasteiger partial charge in [0.05, 0.1) is 12.1 Å². The normalized spacial score (nSPS) is 19.0. The van der Waals surface area contributed by atoms with Gasteiger partial charge < -0.3 is 9.80 Å². The van der Waals surface area contributed by atoms with Crippen molar-refractivity contribution in [2.75, 3.05) is 19.6 Å². The third kappa shape index (κ3) is 4.47. The van der Waals surface area contributed by atoms with E-state index < -0.39 is 0 Å². The molecule has 0 bridgehead atoms. The van der Waals surface area contributed by atoms with E-state index in [1.165, 1.54) is 5.56 Å². The lowest BCUT2D eigenvalue weighted by atomic mass is 9.96. The molecule has 1 atom stereocenters. The van der Waals surface area contributed by atoms with Crippen LogP contribution in [0.1, 0.15) is 53.9 Å². The van der Waals surface area contributed by atoms with Crippen LogP contribution in [-0.4, -0.2) is 51.2 Å². The number of hydrogen-bond acceptors (Lipinski definition) is 4. The summed E-state index contributed by atoms with van der Waals surface area (Å²) >= 11 is 0. The van der Waals surface area contributed by atoms with Crippen LogP contribution in [0.2, 0.25) is 0 Å². The Kier molecular flexibility index (Phi) is 5.60. The molecule has 6 nitrogen and oxygen atoms in total. The second kappa shape index (κ2) is 8.31. The van der Waals surface area contributed by atoms with Crippen molar-refractivity contribution in [2.45, 2.75) is 52.0 Å². The second-order valence-corrected chi connectivity index (χ2v) is 8.24. The topological polar surface area (TPSA) is 66.4 Å². The Bertz CT molecular complexity index is 927. The number of hydrogen-bond donors (Lipinski definition) is 0. The van der Waals surface area contributed by atoms with E-state index in [9.17, 15) is 9.59 Å². The van der Waals surface area contributed by atoms with Crippen molar-refractivity contribution < 1.29 is 9.59 Å². The minimum absolute atomic E-state index is 0.121. The third-order valence-electron chi connectivity index (χ3n) is 5.97. The highest BCUT2D eigenvalue weighted by Gasteiger charge is 2.27. The molecule has 2 amide bonds. The molecule has 152 valence electrons. The lowest BCUT2D eigenvalue weighted by Gasteiger charge is -2.32. The van der Waals surface area contributed by atoms with E-state index in [4.69, 9.17) is 4.98 Å². The van der Waals surface area contributed by atoms with Crippen molar-refractivity contribution in [3.8, 4) is 0 Å². The summed E-state index contributed by atoms with van der Waals surface area (Å²) in [5, 5.41) is 0. The van der Waals surface area contributed by atoms with Crippen LogP contribution in [0.4, 0.5) is 0 Å². The molecule has 0 N–H and O–H groups in total. The van der Waals surface area contributed by atoms with Gasteiger partial charge in [-0.3, -0.25) is 9.59 Å². The first-order valence-electron chi connectivity index (χ1n) is 10.4. The van der Waals surface area contributed by atoms with E-state index in [0.717, 1.165) is 48.5 Å². The lowest BCUT2D eigenvalue weighted by molar-refractivity contribution is -0.131. The van der Waals surface area contributed by atoms with Crippen molar-refractivity contribution in [1.82, 2.24) is 19.8 Å². The fraction of sp³-hybridized carbons (Fsp3) is 0.478. The zero-order valence-corrected chi connectivity index (χ0v) is 17.2. The van der Waals surface area contributed by atoms with Gasteiger partial charge in [-0.1, -0.05) is 29.8 Å². The number of fused-ring (bicyclic) bond motifs is 1. The maximum absolute atomic E-state index is 12.8. The van der Waals surface area contributed by atoms with Crippen molar-refractivity contribution in [3.63, 3.8) is 0 Å². The van der Waals surface area contributed by atoms with Gasteiger partial charge in [0.2, 0.25) is 11.8 Å². The molecule has 1 aromatic heterocycles. The Hall–Kier alpha value is -2.76. The van der Waals surface area contributed by atoms with Crippen LogP contribution >= 0.6 is 0 Å². The van der Waals surface area contributed by atoms with Gasteiger partial charge in [-0.15, -0.1) is 0 Å². The molecule has 1 saturated heterocycles. The summed E-state index contributed by atoms with van der Waals surface area (Å²) in [6, 6.07) is 8.12. The summed E-state index contributed by atoms with van der Waals surface area (Å²) in [4.78, 5) is 37.7. The molecule has 0 radical (unpaired) electrons. The summed E-state index contributed by atoms with van der Waals surface area (Å²) in [5.41, 5.74) is 4.32. The van der Waals surface area contributed by atoms with Crippen molar-refractivity contribution in [3.05, 3.63) is 58.7 Å². The van der Waals surface area contributed by atoms with Crippen LogP contribution in [0.15, 0.2) is 30.5 Å². The first-order valence-corrected chi connectivity index (χ1v) is 10.4. The van der Waals surface area contributed by atoms with Gasteiger partial charge in [-0.05, 0) is 25.3 Å². The molecule has 0 aliphatic carbocycles. The van der Waals surface area contributed by atoms with Crippen LogP contribution in [0, 0.1) is 6.92 Å². The van der Waals surface area contributed by atoms with Crippen LogP contribution in [0.25, 0.3) is 0 Å². The standard InChI is InChI=1S/C23H28N4O2/c1-16-5-3-6-18(11-16)12-22(29)27-10-8-21-20(15-27)13-24-23(25-21)19-7-4-9-26(14-19)17(2)28/h3,5-6,11,13,19H,4,7-10,12,14-15H2,1-2H3. The molecule has 1 unspecified atom stereocenters. The molecular weight excluding hydrogens is 364 g/mol. The Morgan fingerprint density at radius 2 is 2.07 bits per heavy atom. The molecule has 4 rings (SSSR count). The molecule has 0 saturated carbocycles. The first-order chi connectivity index (χ1) is 14.0. The Morgan fingerprint density at radius 3 is 2.86 bits per heavy atom. The number of aromatic nitrogens is 2. The summed E-state index contributed by atoms with van der Waals surface area (Å²) < 4.78 is 0. The molecule has 2 aliphatic rings. The van der Waals surface area contributed by atoms with Crippen LogP contribution in [-0.2, 0) is 29.0 Å². The Morgan fingerprint density at radius 1 is 1.21 bits per heavy atom. The molecule has 1 fully saturated rings. The molecule has 2 aromatic rings. The highest BCUT2D eigenvalue weighted by Crippen LogP contribution is 2.26. The molecule has 2 aliphatic heterocycles. The summed E-state index contributed by atoms with van der Waals surface area (Å²) in [6.45, 7) is 6.47. The average molecular weight is 393 g/mol. The smallest absolute Gasteiger partial charge is 0.227 e. The van der Waals surface area contributed by atoms with Gasteiger partial charge in [0.25, 0.3) is 0 Å². The van der Waals surface area contributed by atoms with Gasteiger partial charge in [0.15, 0.2) is 0 Å². The minimum atomic E-state index is 0.121. The fourth-order valence-corrected chi connectivity index (χ4v) is 4.32. The quantitative estimate of drug-likeness (QED) is 0.805. The van der Waals surface area contributed by atoms with Crippen molar-refractivity contribution in [2.24, 2.45) is 0 Å². The van der Waals surface area contributed by atoms with Gasteiger partial charge in [-0.25, -0.2) is 9.97 Å². The number of likely N-dealkylation sites (tertiary alicyclic amines) is 1. The van der Waals surface area contributed by atoms with Crippen molar-refractivity contribution >= 4 is 11.8 Å². The summed E-state index contributed by atoms with van der Waals surface area (Å²) in [5.74, 6) is 1.32. The highest BCUT2D eigenvalue weighted by molar-refractivity contribution is 5.79. The van der Waals surface area contributed by atoms with Gasteiger partial charge in [-0.2, -0.15) is 0 Å². The molecule has 6 heteroatoms. The van der Waals surface area contributed by atoms with Gasteiger partial charge in [0, 0.05) is 57.2 Å². The molecule has 0 spiro atoms. The van der Waals surface area contributed by atoms with Crippen molar-refractivity contribution in [1.29, 1.82) is 0 Å². The number of benzene rings is 1. The van der Waals surface area contributed by atoms with Crippen LogP contribution in [0.5, 0.6) is 0 Å². The van der Waals surface area contributed by atoms with Gasteiger partial charge >= 0.3 is 0 Å². The van der Waals surface area contributed by atoms with E-state index in [1.54, 1.807) is 6.92 Å². The maximum Gasteiger partial charge on any atom is 0.227 e. The summed E-state index contributed by atoms with van der Waals surface area (Å²) in [7, 11) is 0. The number of carbonyl (C=O) groups excluding carboxylic acids is 2. The van der Waals surface area contributed by atoms with E-state index in [1.807, 2.05) is 41.1 Å². The van der Waals surface area contributed by atoms with Crippen LogP contribution < -0.4 is 0 Å². The average Bonchev–Trinajstić information content (AvgIpc) is 2.73. The Labute approximate surface area is 172 Å². The number of carbonyl (C=O) groups is 2. The SMILES string of the molecule is CC(=O)N1CCCC(c2ncc3c(n2)CCN(C(=O)Cc2cccc(C)c2)C3)C1. The first kappa shape index (κ1) is 19.6. The predicted molar refractivity (Wildman–Crippen MR) is 110 cm³/mol. The molecule has 3 heterocycles. The fourth-order valence-electron chi connectivity index (χ4n) is 4.32. The maximum atomic E-state index is 12.8. The largest absolute Gasteiger partial charge is 0.342 e. The Balaban J connectivity index is 1.43. The monoisotopic (exact) mass is 392 g/mol. The summed E-state index contributed by atoms with van der Waals surface area (Å²) in [6.07, 6.45) is 5.08. The van der Waals surface area contributed by atoms with E-state index in [2.05, 4.69) is 11.1 Å². The lowest BCUT2D eigenvalue weighted by Crippen LogP contribution is -2.39. The predicted octanol–water partition coefficient (Wildman–Crippen LogP) is 2.64. The third-order valence-corrected chi connectivity index (χ3v) is 5.97.